The van der Waals surface area contributed by atoms with Crippen LogP contribution in [0.5, 0.6) is 0 Å². The van der Waals surface area contributed by atoms with E-state index in [1.807, 2.05) is 30.3 Å². The third-order valence-electron chi connectivity index (χ3n) is 7.47. The molecule has 5 aromatic carbocycles. The van der Waals surface area contributed by atoms with Gasteiger partial charge in [-0.25, -0.2) is 9.18 Å². The number of aliphatic carboxylic acids is 1. The fourth-order valence-corrected chi connectivity index (χ4v) is 5.58. The average Bonchev–Trinajstić information content (AvgIpc) is 3.06. The molecule has 0 aliphatic heterocycles. The first-order chi connectivity index (χ1) is 21.8. The number of rotatable bonds is 10. The number of carbonyl (C=O) groups is 3. The van der Waals surface area contributed by atoms with Gasteiger partial charge in [-0.3, -0.25) is 9.59 Å². The average molecular weight is 666 g/mol. The van der Waals surface area contributed by atoms with Gasteiger partial charge < -0.3 is 15.7 Å². The van der Waals surface area contributed by atoms with Crippen molar-refractivity contribution in [3.63, 3.8) is 0 Å². The molecule has 0 saturated heterocycles. The van der Waals surface area contributed by atoms with Crippen LogP contribution in [-0.4, -0.2) is 29.4 Å². The van der Waals surface area contributed by atoms with Gasteiger partial charge >= 0.3 is 11.9 Å². The Labute approximate surface area is 269 Å². The first-order valence-electron chi connectivity index (χ1n) is 14.4. The van der Waals surface area contributed by atoms with Gasteiger partial charge in [-0.2, -0.15) is 0 Å². The maximum absolute atomic E-state index is 13.4. The molecule has 226 valence electrons. The molecule has 0 aliphatic carbocycles. The van der Waals surface area contributed by atoms with Crippen LogP contribution in [0.3, 0.4) is 0 Å². The maximum Gasteiger partial charge on any atom is 0.394 e. The third kappa shape index (κ3) is 8.31. The number of hydrogen-bond acceptors (Lipinski definition) is 3. The van der Waals surface area contributed by atoms with Crippen molar-refractivity contribution >= 4 is 33.7 Å². The molecule has 45 heavy (non-hydrogen) atoms. The van der Waals surface area contributed by atoms with E-state index in [0.29, 0.717) is 28.6 Å². The Morgan fingerprint density at radius 2 is 1.38 bits per heavy atom. The zero-order chi connectivity index (χ0) is 31.8. The highest BCUT2D eigenvalue weighted by molar-refractivity contribution is 9.10. The first-order valence-corrected chi connectivity index (χ1v) is 15.2. The molecule has 0 aromatic heterocycles. The molecule has 6 nitrogen and oxygen atoms in total. The molecule has 5 aromatic rings. The van der Waals surface area contributed by atoms with E-state index < -0.39 is 17.9 Å². The van der Waals surface area contributed by atoms with Crippen LogP contribution in [-0.2, 0) is 22.4 Å². The number of carbonyl (C=O) groups excluding carboxylic acids is 2. The lowest BCUT2D eigenvalue weighted by Crippen LogP contribution is -2.35. The second kappa shape index (κ2) is 14.6. The molecular formula is C37H30BrFN2O4. The predicted octanol–water partition coefficient (Wildman–Crippen LogP) is 7.38. The highest BCUT2D eigenvalue weighted by Gasteiger charge is 2.21. The Balaban J connectivity index is 1.25. The topological polar surface area (TPSA) is 95.5 Å². The summed E-state index contributed by atoms with van der Waals surface area (Å²) in [6, 6.07) is 36.3. The Morgan fingerprint density at radius 3 is 2.07 bits per heavy atom. The molecule has 1 atom stereocenters. The number of benzene rings is 5. The van der Waals surface area contributed by atoms with Crippen LogP contribution >= 0.6 is 15.9 Å². The summed E-state index contributed by atoms with van der Waals surface area (Å²) in [5.74, 6) is -3.29. The van der Waals surface area contributed by atoms with E-state index in [-0.39, 0.29) is 18.1 Å². The minimum atomic E-state index is -1.59. The summed E-state index contributed by atoms with van der Waals surface area (Å²) in [6.07, 6.45) is 0.940. The van der Waals surface area contributed by atoms with E-state index in [1.165, 1.54) is 12.1 Å². The summed E-state index contributed by atoms with van der Waals surface area (Å²) in [5, 5.41) is 14.8. The van der Waals surface area contributed by atoms with Crippen molar-refractivity contribution in [1.29, 1.82) is 0 Å². The van der Waals surface area contributed by atoms with Crippen LogP contribution < -0.4 is 10.6 Å². The molecule has 2 amide bonds. The smallest absolute Gasteiger partial charge is 0.394 e. The second-order valence-electron chi connectivity index (χ2n) is 10.5. The molecule has 1 unspecified atom stereocenters. The maximum atomic E-state index is 13.4. The Morgan fingerprint density at radius 1 is 0.733 bits per heavy atom. The molecule has 5 rings (SSSR count). The first kappa shape index (κ1) is 31.3. The number of amides is 2. The summed E-state index contributed by atoms with van der Waals surface area (Å²) in [6.45, 7) is 0.469. The van der Waals surface area contributed by atoms with Crippen molar-refractivity contribution in [2.45, 2.75) is 18.9 Å². The molecule has 3 N–H and O–H groups in total. The fourth-order valence-electron chi connectivity index (χ4n) is 5.04. The van der Waals surface area contributed by atoms with Crippen LogP contribution in [0.15, 0.2) is 126 Å². The fraction of sp³-hybridized carbons (Fsp3) is 0.108. The minimum Gasteiger partial charge on any atom is -0.474 e. The van der Waals surface area contributed by atoms with Gasteiger partial charge in [0.2, 0.25) is 0 Å². The SMILES string of the molecule is O=C(O)C(=O)NC(Cc1ccc(C(=O)NCCc2ccc(-c3ccccc3)cc2)cc1Br)c1cccc(-c2ccc(F)cc2)c1. The monoisotopic (exact) mass is 664 g/mol. The molecule has 0 heterocycles. The summed E-state index contributed by atoms with van der Waals surface area (Å²) in [4.78, 5) is 36.5. The molecule has 0 saturated carbocycles. The van der Waals surface area contributed by atoms with Gasteiger partial charge in [0.25, 0.3) is 5.91 Å². The molecule has 0 bridgehead atoms. The molecule has 0 radical (unpaired) electrons. The Bertz CT molecular complexity index is 1810. The molecule has 0 fully saturated rings. The number of halogens is 2. The van der Waals surface area contributed by atoms with Crippen molar-refractivity contribution in [3.8, 4) is 22.3 Å². The summed E-state index contributed by atoms with van der Waals surface area (Å²) < 4.78 is 14.1. The van der Waals surface area contributed by atoms with E-state index in [9.17, 15) is 23.9 Å². The standard InChI is InChI=1S/C37H30BrFN2O4/c38-33-22-31(35(42)40-20-19-24-9-11-26(12-10-24)25-5-2-1-3-6-25)14-13-29(33)23-34(41-36(43)37(44)45)30-8-4-7-28(21-30)27-15-17-32(39)18-16-27/h1-18,21-22,34H,19-20,23H2,(H,40,42)(H,41,43)(H,44,45). The number of carboxylic acids is 1. The van der Waals surface area contributed by atoms with Crippen molar-refractivity contribution in [1.82, 2.24) is 10.6 Å². The summed E-state index contributed by atoms with van der Waals surface area (Å²) in [5.41, 5.74) is 6.89. The van der Waals surface area contributed by atoms with Crippen LogP contribution in [0, 0.1) is 5.82 Å². The highest BCUT2D eigenvalue weighted by atomic mass is 79.9. The second-order valence-corrected chi connectivity index (χ2v) is 11.4. The molecule has 8 heteroatoms. The predicted molar refractivity (Wildman–Crippen MR) is 176 cm³/mol. The van der Waals surface area contributed by atoms with Gasteiger partial charge in [0.1, 0.15) is 5.82 Å². The zero-order valence-electron chi connectivity index (χ0n) is 24.2. The quantitative estimate of drug-likeness (QED) is 0.136. The summed E-state index contributed by atoms with van der Waals surface area (Å²) in [7, 11) is 0. The van der Waals surface area contributed by atoms with Gasteiger partial charge in [-0.05, 0) is 82.1 Å². The third-order valence-corrected chi connectivity index (χ3v) is 8.20. The van der Waals surface area contributed by atoms with Crippen LogP contribution in [0.4, 0.5) is 4.39 Å². The van der Waals surface area contributed by atoms with Gasteiger partial charge in [-0.15, -0.1) is 0 Å². The number of carboxylic acid groups (broad SMARTS) is 1. The van der Waals surface area contributed by atoms with E-state index in [2.05, 4.69) is 63.0 Å². The van der Waals surface area contributed by atoms with Crippen LogP contribution in [0.1, 0.15) is 33.1 Å². The highest BCUT2D eigenvalue weighted by Crippen LogP contribution is 2.29. The van der Waals surface area contributed by atoms with Gasteiger partial charge in [-0.1, -0.05) is 107 Å². The molecular weight excluding hydrogens is 635 g/mol. The van der Waals surface area contributed by atoms with Crippen LogP contribution in [0.25, 0.3) is 22.3 Å². The lowest BCUT2D eigenvalue weighted by Gasteiger charge is -2.20. The van der Waals surface area contributed by atoms with E-state index in [4.69, 9.17) is 0 Å². The molecule has 0 spiro atoms. The van der Waals surface area contributed by atoms with Crippen molar-refractivity contribution < 1.29 is 23.9 Å². The lowest BCUT2D eigenvalue weighted by molar-refractivity contribution is -0.150. The minimum absolute atomic E-state index is 0.217. The zero-order valence-corrected chi connectivity index (χ0v) is 25.8. The summed E-state index contributed by atoms with van der Waals surface area (Å²) >= 11 is 3.56. The van der Waals surface area contributed by atoms with Gasteiger partial charge in [0.05, 0.1) is 6.04 Å². The normalized spacial score (nSPS) is 11.4. The number of nitrogens with one attached hydrogen (secondary N) is 2. The molecule has 0 aliphatic rings. The van der Waals surface area contributed by atoms with Crippen LogP contribution in [0.2, 0.25) is 0 Å². The largest absolute Gasteiger partial charge is 0.474 e. The number of hydrogen-bond donors (Lipinski definition) is 3. The lowest BCUT2D eigenvalue weighted by atomic mass is 9.94. The van der Waals surface area contributed by atoms with E-state index in [0.717, 1.165) is 33.4 Å². The van der Waals surface area contributed by atoms with Crippen molar-refractivity contribution in [2.75, 3.05) is 6.54 Å². The Hall–Kier alpha value is -5.08. The van der Waals surface area contributed by atoms with E-state index in [1.54, 1.807) is 42.5 Å². The van der Waals surface area contributed by atoms with Crippen molar-refractivity contribution in [2.24, 2.45) is 0 Å². The van der Waals surface area contributed by atoms with Gasteiger partial charge in [0, 0.05) is 16.6 Å². The van der Waals surface area contributed by atoms with E-state index >= 15 is 0 Å². The van der Waals surface area contributed by atoms with Crippen molar-refractivity contribution in [3.05, 3.63) is 154 Å². The Kier molecular flexibility index (Phi) is 10.2. The van der Waals surface area contributed by atoms with Gasteiger partial charge in [0.15, 0.2) is 0 Å².